The maximum absolute atomic E-state index is 11.3. The van der Waals surface area contributed by atoms with Gasteiger partial charge in [-0.1, -0.05) is 0 Å². The van der Waals surface area contributed by atoms with Crippen LogP contribution in [0.2, 0.25) is 0 Å². The zero-order chi connectivity index (χ0) is 13.9. The van der Waals surface area contributed by atoms with Crippen LogP contribution in [-0.2, 0) is 11.3 Å². The molecule has 0 saturated heterocycles. The molecule has 2 aromatic rings. The lowest BCUT2D eigenvalue weighted by molar-refractivity contribution is -0.118. The van der Waals surface area contributed by atoms with Crippen LogP contribution in [0.25, 0.3) is 0 Å². The number of hydrogen-bond donors (Lipinski definition) is 2. The Labute approximate surface area is 119 Å². The number of thiophene rings is 1. The predicted octanol–water partition coefficient (Wildman–Crippen LogP) is 2.56. The first-order valence-corrected chi connectivity index (χ1v) is 6.90. The number of rotatable bonds is 3. The second-order valence-corrected chi connectivity index (χ2v) is 5.31. The summed E-state index contributed by atoms with van der Waals surface area (Å²) in [5.41, 5.74) is 2.24. The van der Waals surface area contributed by atoms with Crippen molar-refractivity contribution in [3.63, 3.8) is 0 Å². The monoisotopic (exact) mass is 285 g/mol. The number of nitriles is 1. The van der Waals surface area contributed by atoms with Gasteiger partial charge in [0.1, 0.15) is 11.8 Å². The molecular weight excluding hydrogens is 274 g/mol. The third-order valence-electron chi connectivity index (χ3n) is 2.86. The van der Waals surface area contributed by atoms with Gasteiger partial charge in [-0.2, -0.15) is 5.26 Å². The van der Waals surface area contributed by atoms with Crippen molar-refractivity contribution in [3.8, 4) is 11.8 Å². The van der Waals surface area contributed by atoms with E-state index in [1.807, 2.05) is 29.6 Å². The molecule has 1 aliphatic heterocycles. The minimum atomic E-state index is -0.147. The van der Waals surface area contributed by atoms with Crippen molar-refractivity contribution in [2.24, 2.45) is 0 Å². The minimum absolute atomic E-state index is 0.0614. The van der Waals surface area contributed by atoms with E-state index in [1.54, 1.807) is 11.3 Å². The second-order valence-electron chi connectivity index (χ2n) is 4.31. The smallest absolute Gasteiger partial charge is 0.262 e. The van der Waals surface area contributed by atoms with Crippen LogP contribution in [0.3, 0.4) is 0 Å². The summed E-state index contributed by atoms with van der Waals surface area (Å²) in [4.78, 5) is 12.3. The molecule has 5 nitrogen and oxygen atoms in total. The number of nitrogens with one attached hydrogen (secondary N) is 2. The Morgan fingerprint density at radius 1 is 1.45 bits per heavy atom. The van der Waals surface area contributed by atoms with E-state index >= 15 is 0 Å². The van der Waals surface area contributed by atoms with Crippen molar-refractivity contribution in [2.75, 3.05) is 17.2 Å². The molecule has 0 atom stereocenters. The van der Waals surface area contributed by atoms with Gasteiger partial charge in [0.15, 0.2) is 6.61 Å². The summed E-state index contributed by atoms with van der Waals surface area (Å²) >= 11 is 1.54. The van der Waals surface area contributed by atoms with Crippen LogP contribution in [-0.4, -0.2) is 12.5 Å². The van der Waals surface area contributed by atoms with Crippen LogP contribution in [0, 0.1) is 11.3 Å². The standard InChI is InChI=1S/C14H11N3O2S/c15-5-9-3-11(20-8-9)6-16-10-1-2-13-12(4-10)17-14(18)7-19-13/h1-4,8,16H,6-7H2,(H,17,18). The number of anilines is 2. The molecule has 6 heteroatoms. The molecule has 0 radical (unpaired) electrons. The molecule has 100 valence electrons. The Morgan fingerprint density at radius 3 is 3.15 bits per heavy atom. The summed E-state index contributed by atoms with van der Waals surface area (Å²) < 4.78 is 5.30. The molecule has 2 heterocycles. The summed E-state index contributed by atoms with van der Waals surface area (Å²) in [6.45, 7) is 0.700. The first-order chi connectivity index (χ1) is 9.74. The highest BCUT2D eigenvalue weighted by Crippen LogP contribution is 2.30. The highest BCUT2D eigenvalue weighted by molar-refractivity contribution is 7.10. The molecule has 0 unspecified atom stereocenters. The molecule has 20 heavy (non-hydrogen) atoms. The lowest BCUT2D eigenvalue weighted by Crippen LogP contribution is -2.25. The van der Waals surface area contributed by atoms with Crippen molar-refractivity contribution in [1.82, 2.24) is 0 Å². The van der Waals surface area contributed by atoms with Crippen molar-refractivity contribution < 1.29 is 9.53 Å². The molecule has 0 spiro atoms. The Bertz CT molecular complexity index is 703. The number of ether oxygens (including phenoxy) is 1. The Balaban J connectivity index is 1.70. The van der Waals surface area contributed by atoms with Crippen LogP contribution in [0.15, 0.2) is 29.6 Å². The van der Waals surface area contributed by atoms with Gasteiger partial charge in [-0.25, -0.2) is 0 Å². The van der Waals surface area contributed by atoms with Crippen LogP contribution < -0.4 is 15.4 Å². The number of benzene rings is 1. The normalized spacial score (nSPS) is 12.8. The Kier molecular flexibility index (Phi) is 3.27. The average molecular weight is 285 g/mol. The average Bonchev–Trinajstić information content (AvgIpc) is 2.92. The molecule has 0 aliphatic carbocycles. The topological polar surface area (TPSA) is 74.2 Å². The highest BCUT2D eigenvalue weighted by Gasteiger charge is 2.15. The van der Waals surface area contributed by atoms with E-state index < -0.39 is 0 Å². The Morgan fingerprint density at radius 2 is 2.35 bits per heavy atom. The summed E-state index contributed by atoms with van der Waals surface area (Å²) in [5.74, 6) is 0.532. The molecule has 2 N–H and O–H groups in total. The molecular formula is C14H11N3O2S. The van der Waals surface area contributed by atoms with Crippen LogP contribution in [0.1, 0.15) is 10.4 Å². The number of amides is 1. The van der Waals surface area contributed by atoms with Gasteiger partial charge in [-0.3, -0.25) is 4.79 Å². The van der Waals surface area contributed by atoms with E-state index in [-0.39, 0.29) is 12.5 Å². The number of hydrogen-bond acceptors (Lipinski definition) is 5. The number of carbonyl (C=O) groups excluding carboxylic acids is 1. The predicted molar refractivity (Wildman–Crippen MR) is 76.9 cm³/mol. The summed E-state index contributed by atoms with van der Waals surface area (Å²) in [5, 5.41) is 16.6. The zero-order valence-electron chi connectivity index (χ0n) is 10.5. The second kappa shape index (κ2) is 5.23. The molecule has 0 saturated carbocycles. The fourth-order valence-corrected chi connectivity index (χ4v) is 2.66. The fourth-order valence-electron chi connectivity index (χ4n) is 1.91. The summed E-state index contributed by atoms with van der Waals surface area (Å²) in [6.07, 6.45) is 0. The molecule has 0 fully saturated rings. The van der Waals surface area contributed by atoms with Gasteiger partial charge in [-0.05, 0) is 24.3 Å². The van der Waals surface area contributed by atoms with E-state index in [4.69, 9.17) is 10.00 Å². The lowest BCUT2D eigenvalue weighted by atomic mass is 10.2. The first kappa shape index (κ1) is 12.5. The molecule has 1 aliphatic rings. The van der Waals surface area contributed by atoms with E-state index in [1.165, 1.54) is 0 Å². The van der Waals surface area contributed by atoms with Gasteiger partial charge in [0.2, 0.25) is 0 Å². The SMILES string of the molecule is N#Cc1csc(CNc2ccc3c(c2)NC(=O)CO3)c1. The van der Waals surface area contributed by atoms with Crippen LogP contribution in [0.5, 0.6) is 5.75 Å². The lowest BCUT2D eigenvalue weighted by Gasteiger charge is -2.18. The van der Waals surface area contributed by atoms with Gasteiger partial charge >= 0.3 is 0 Å². The largest absolute Gasteiger partial charge is 0.482 e. The fraction of sp³-hybridized carbons (Fsp3) is 0.143. The Hall–Kier alpha value is -2.52. The van der Waals surface area contributed by atoms with Gasteiger partial charge < -0.3 is 15.4 Å². The first-order valence-electron chi connectivity index (χ1n) is 6.03. The van der Waals surface area contributed by atoms with E-state index in [0.717, 1.165) is 10.6 Å². The van der Waals surface area contributed by atoms with Crippen molar-refractivity contribution in [1.29, 1.82) is 5.26 Å². The molecule has 3 rings (SSSR count). The number of fused-ring (bicyclic) bond motifs is 1. The molecule has 1 amide bonds. The maximum Gasteiger partial charge on any atom is 0.262 e. The maximum atomic E-state index is 11.3. The number of nitrogens with zero attached hydrogens (tertiary/aromatic N) is 1. The highest BCUT2D eigenvalue weighted by atomic mass is 32.1. The van der Waals surface area contributed by atoms with E-state index in [0.29, 0.717) is 23.5 Å². The van der Waals surface area contributed by atoms with Crippen LogP contribution in [0.4, 0.5) is 11.4 Å². The minimum Gasteiger partial charge on any atom is -0.482 e. The molecule has 1 aromatic carbocycles. The van der Waals surface area contributed by atoms with Gasteiger partial charge in [0.05, 0.1) is 11.3 Å². The van der Waals surface area contributed by atoms with Crippen molar-refractivity contribution in [3.05, 3.63) is 40.1 Å². The number of carbonyl (C=O) groups is 1. The van der Waals surface area contributed by atoms with E-state index in [2.05, 4.69) is 16.7 Å². The zero-order valence-corrected chi connectivity index (χ0v) is 11.3. The third-order valence-corrected chi connectivity index (χ3v) is 3.80. The quantitative estimate of drug-likeness (QED) is 0.909. The van der Waals surface area contributed by atoms with Crippen molar-refractivity contribution in [2.45, 2.75) is 6.54 Å². The van der Waals surface area contributed by atoms with Gasteiger partial charge in [0, 0.05) is 22.5 Å². The summed E-state index contributed by atoms with van der Waals surface area (Å²) in [7, 11) is 0. The van der Waals surface area contributed by atoms with Gasteiger partial charge in [0.25, 0.3) is 5.91 Å². The molecule has 1 aromatic heterocycles. The van der Waals surface area contributed by atoms with Gasteiger partial charge in [-0.15, -0.1) is 11.3 Å². The molecule has 0 bridgehead atoms. The van der Waals surface area contributed by atoms with E-state index in [9.17, 15) is 4.79 Å². The third kappa shape index (κ3) is 2.58. The van der Waals surface area contributed by atoms with Crippen molar-refractivity contribution >= 4 is 28.6 Å². The summed E-state index contributed by atoms with van der Waals surface area (Å²) in [6, 6.07) is 9.53. The van der Waals surface area contributed by atoms with Crippen LogP contribution >= 0.6 is 11.3 Å².